The summed E-state index contributed by atoms with van der Waals surface area (Å²) in [5, 5.41) is 20.9. The van der Waals surface area contributed by atoms with Crippen molar-refractivity contribution >= 4 is 28.9 Å². The summed E-state index contributed by atoms with van der Waals surface area (Å²) in [5.74, 6) is -0.701. The van der Waals surface area contributed by atoms with Gasteiger partial charge in [-0.3, -0.25) is 0 Å². The summed E-state index contributed by atoms with van der Waals surface area (Å²) in [6.07, 6.45) is -0.791. The molecule has 100 valence electrons. The number of ether oxygens (including phenoxy) is 1. The molecule has 0 bridgehead atoms. The van der Waals surface area contributed by atoms with Gasteiger partial charge < -0.3 is 14.9 Å². The molecule has 0 fully saturated rings. The number of carbonyl (C=O) groups is 1. The second-order valence-corrected chi connectivity index (χ2v) is 5.17. The lowest BCUT2D eigenvalue weighted by atomic mass is 10.1. The number of carboxylic acid groups (broad SMARTS) is 1. The topological polar surface area (TPSA) is 66.8 Å². The number of aliphatic hydroxyl groups is 1. The molecule has 0 aliphatic heterocycles. The van der Waals surface area contributed by atoms with Crippen molar-refractivity contribution in [2.24, 2.45) is 0 Å². The summed E-state index contributed by atoms with van der Waals surface area (Å²) in [6.45, 7) is -0.427. The highest BCUT2D eigenvalue weighted by atomic mass is 35.5. The van der Waals surface area contributed by atoms with Crippen LogP contribution in [0, 0.1) is 0 Å². The zero-order chi connectivity index (χ0) is 13.8. The summed E-state index contributed by atoms with van der Waals surface area (Å²) in [7, 11) is 0. The molecular formula is C13H11ClO4S. The van der Waals surface area contributed by atoms with Gasteiger partial charge in [0.2, 0.25) is 0 Å². The minimum Gasteiger partial charge on any atom is -0.482 e. The van der Waals surface area contributed by atoms with Gasteiger partial charge >= 0.3 is 5.97 Å². The molecule has 1 atom stereocenters. The predicted molar refractivity (Wildman–Crippen MR) is 73.0 cm³/mol. The van der Waals surface area contributed by atoms with E-state index < -0.39 is 18.7 Å². The van der Waals surface area contributed by atoms with Crippen LogP contribution in [0.1, 0.15) is 16.5 Å². The Labute approximate surface area is 118 Å². The van der Waals surface area contributed by atoms with Crippen molar-refractivity contribution < 1.29 is 19.7 Å². The molecule has 2 N–H and O–H groups in total. The van der Waals surface area contributed by atoms with Gasteiger partial charge in [0, 0.05) is 10.4 Å². The lowest BCUT2D eigenvalue weighted by Crippen LogP contribution is -2.09. The van der Waals surface area contributed by atoms with E-state index in [9.17, 15) is 9.90 Å². The number of carboxylic acids is 1. The third kappa shape index (κ3) is 3.47. The molecule has 0 radical (unpaired) electrons. The van der Waals surface area contributed by atoms with Gasteiger partial charge in [-0.2, -0.15) is 0 Å². The van der Waals surface area contributed by atoms with Crippen molar-refractivity contribution in [3.8, 4) is 5.75 Å². The third-order valence-corrected chi connectivity index (χ3v) is 3.69. The molecule has 2 aromatic rings. The molecule has 0 aliphatic rings. The summed E-state index contributed by atoms with van der Waals surface area (Å²) < 4.78 is 5.01. The van der Waals surface area contributed by atoms with Crippen molar-refractivity contribution in [3.63, 3.8) is 0 Å². The number of halogens is 1. The Morgan fingerprint density at radius 1 is 1.42 bits per heavy atom. The van der Waals surface area contributed by atoms with E-state index in [0.717, 1.165) is 4.88 Å². The summed E-state index contributed by atoms with van der Waals surface area (Å²) in [5.41, 5.74) is 0.562. The Bertz CT molecular complexity index is 568. The quantitative estimate of drug-likeness (QED) is 0.890. The normalized spacial score (nSPS) is 12.1. The van der Waals surface area contributed by atoms with Crippen LogP contribution in [-0.2, 0) is 4.79 Å². The fraction of sp³-hybridized carbons (Fsp3) is 0.154. The third-order valence-electron chi connectivity index (χ3n) is 2.44. The molecule has 0 amide bonds. The van der Waals surface area contributed by atoms with Crippen molar-refractivity contribution in [1.82, 2.24) is 0 Å². The summed E-state index contributed by atoms with van der Waals surface area (Å²) in [4.78, 5) is 11.2. The maximum Gasteiger partial charge on any atom is 0.341 e. The fourth-order valence-corrected chi connectivity index (χ4v) is 2.57. The second-order valence-electron chi connectivity index (χ2n) is 3.78. The van der Waals surface area contributed by atoms with Gasteiger partial charge in [-0.05, 0) is 23.6 Å². The SMILES string of the molecule is O=C(O)COc1ccc(C(O)c2cccs2)c(Cl)c1. The highest BCUT2D eigenvalue weighted by molar-refractivity contribution is 7.10. The van der Waals surface area contributed by atoms with Gasteiger partial charge in [0.15, 0.2) is 6.61 Å². The minimum atomic E-state index is -1.06. The van der Waals surface area contributed by atoms with Gasteiger partial charge in [-0.25, -0.2) is 4.79 Å². The zero-order valence-corrected chi connectivity index (χ0v) is 11.3. The molecule has 0 spiro atoms. The largest absolute Gasteiger partial charge is 0.482 e. The Hall–Kier alpha value is -1.56. The molecule has 19 heavy (non-hydrogen) atoms. The molecule has 1 heterocycles. The number of hydrogen-bond acceptors (Lipinski definition) is 4. The highest BCUT2D eigenvalue weighted by Gasteiger charge is 2.15. The molecule has 6 heteroatoms. The number of rotatable bonds is 5. The number of aliphatic hydroxyl groups excluding tert-OH is 1. The van der Waals surface area contributed by atoms with Crippen LogP contribution in [-0.4, -0.2) is 22.8 Å². The van der Waals surface area contributed by atoms with Crippen molar-refractivity contribution in [2.75, 3.05) is 6.61 Å². The second kappa shape index (κ2) is 6.06. The average Bonchev–Trinajstić information content (AvgIpc) is 2.89. The number of aliphatic carboxylic acids is 1. The predicted octanol–water partition coefficient (Wildman–Crippen LogP) is 2.95. The Balaban J connectivity index is 2.17. The first-order chi connectivity index (χ1) is 9.08. The molecular weight excluding hydrogens is 288 g/mol. The van der Waals surface area contributed by atoms with Crippen LogP contribution < -0.4 is 4.74 Å². The Morgan fingerprint density at radius 2 is 2.21 bits per heavy atom. The minimum absolute atomic E-state index is 0.337. The van der Waals surface area contributed by atoms with Crippen LogP contribution in [0.2, 0.25) is 5.02 Å². The maximum absolute atomic E-state index is 10.4. The summed E-state index contributed by atoms with van der Waals surface area (Å²) >= 11 is 7.51. The van der Waals surface area contributed by atoms with Crippen molar-refractivity contribution in [2.45, 2.75) is 6.10 Å². The van der Waals surface area contributed by atoms with Crippen LogP contribution in [0.25, 0.3) is 0 Å². The van der Waals surface area contributed by atoms with E-state index in [1.165, 1.54) is 17.4 Å². The fourth-order valence-electron chi connectivity index (χ4n) is 1.56. The molecule has 1 unspecified atom stereocenters. The van der Waals surface area contributed by atoms with E-state index in [2.05, 4.69) is 0 Å². The molecule has 0 saturated carbocycles. The van der Waals surface area contributed by atoms with Gasteiger partial charge in [0.25, 0.3) is 0 Å². The number of thiophene rings is 1. The van der Waals surface area contributed by atoms with Crippen molar-refractivity contribution in [3.05, 3.63) is 51.2 Å². The first-order valence-electron chi connectivity index (χ1n) is 5.43. The first kappa shape index (κ1) is 13.9. The Kier molecular flexibility index (Phi) is 4.42. The van der Waals surface area contributed by atoms with E-state index in [1.54, 1.807) is 12.1 Å². The summed E-state index contributed by atoms with van der Waals surface area (Å²) in [6, 6.07) is 8.38. The lowest BCUT2D eigenvalue weighted by Gasteiger charge is -2.12. The van der Waals surface area contributed by atoms with Gasteiger partial charge in [0.1, 0.15) is 11.9 Å². The molecule has 0 saturated heterocycles. The van der Waals surface area contributed by atoms with E-state index in [4.69, 9.17) is 21.4 Å². The van der Waals surface area contributed by atoms with Crippen LogP contribution in [0.15, 0.2) is 35.7 Å². The zero-order valence-electron chi connectivity index (χ0n) is 9.75. The van der Waals surface area contributed by atoms with Crippen LogP contribution >= 0.6 is 22.9 Å². The lowest BCUT2D eigenvalue weighted by molar-refractivity contribution is -0.139. The van der Waals surface area contributed by atoms with Crippen LogP contribution in [0.3, 0.4) is 0 Å². The van der Waals surface area contributed by atoms with E-state index in [1.807, 2.05) is 17.5 Å². The van der Waals surface area contributed by atoms with Gasteiger partial charge in [-0.1, -0.05) is 23.7 Å². The maximum atomic E-state index is 10.4. The van der Waals surface area contributed by atoms with E-state index in [0.29, 0.717) is 16.3 Å². The van der Waals surface area contributed by atoms with Crippen molar-refractivity contribution in [1.29, 1.82) is 0 Å². The van der Waals surface area contributed by atoms with E-state index in [-0.39, 0.29) is 0 Å². The highest BCUT2D eigenvalue weighted by Crippen LogP contribution is 2.32. The van der Waals surface area contributed by atoms with Gasteiger partial charge in [0.05, 0.1) is 5.02 Å². The Morgan fingerprint density at radius 3 is 2.79 bits per heavy atom. The average molecular weight is 299 g/mol. The smallest absolute Gasteiger partial charge is 0.341 e. The first-order valence-corrected chi connectivity index (χ1v) is 6.69. The van der Waals surface area contributed by atoms with Gasteiger partial charge in [-0.15, -0.1) is 11.3 Å². The molecule has 0 aliphatic carbocycles. The molecule has 4 nitrogen and oxygen atoms in total. The van der Waals surface area contributed by atoms with Crippen LogP contribution in [0.5, 0.6) is 5.75 Å². The molecule has 1 aromatic heterocycles. The number of hydrogen-bond donors (Lipinski definition) is 2. The van der Waals surface area contributed by atoms with Crippen LogP contribution in [0.4, 0.5) is 0 Å². The standard InChI is InChI=1S/C13H11ClO4S/c14-10-6-8(18-7-12(15)16)3-4-9(10)13(17)11-2-1-5-19-11/h1-6,13,17H,7H2,(H,15,16). The van der Waals surface area contributed by atoms with E-state index >= 15 is 0 Å². The monoisotopic (exact) mass is 298 g/mol. The molecule has 1 aromatic carbocycles. The number of benzene rings is 1. The molecule has 2 rings (SSSR count).